The molecule has 1 aromatic heterocycles. The molecule has 1 aromatic rings. The van der Waals surface area contributed by atoms with Crippen molar-refractivity contribution in [2.24, 2.45) is 0 Å². The highest BCUT2D eigenvalue weighted by molar-refractivity contribution is 7.99. The number of carboxylic acids is 1. The van der Waals surface area contributed by atoms with E-state index in [0.29, 0.717) is 10.8 Å². The molecule has 1 heterocycles. The van der Waals surface area contributed by atoms with Gasteiger partial charge in [-0.25, -0.2) is 9.78 Å². The van der Waals surface area contributed by atoms with Crippen LogP contribution in [0.5, 0.6) is 0 Å². The van der Waals surface area contributed by atoms with Gasteiger partial charge in [-0.2, -0.15) is 0 Å². The molecule has 0 aromatic carbocycles. The van der Waals surface area contributed by atoms with E-state index in [0.717, 1.165) is 0 Å². The van der Waals surface area contributed by atoms with Crippen LogP contribution in [-0.2, 0) is 0 Å². The number of aromatic carboxylic acids is 1. The second-order valence-corrected chi connectivity index (χ2v) is 3.35. The largest absolute Gasteiger partial charge is 0.477 e. The van der Waals surface area contributed by atoms with Gasteiger partial charge in [0.2, 0.25) is 0 Å². The van der Waals surface area contributed by atoms with Crippen LogP contribution in [0.15, 0.2) is 23.2 Å². The van der Waals surface area contributed by atoms with E-state index in [1.165, 1.54) is 17.8 Å². The number of aliphatic hydroxyl groups excluding tert-OH is 1. The molecule has 0 radical (unpaired) electrons. The fourth-order valence-electron chi connectivity index (χ4n) is 0.765. The number of aromatic nitrogens is 1. The molecule has 0 atom stereocenters. The Kier molecular flexibility index (Phi) is 3.72. The quantitative estimate of drug-likeness (QED) is 0.704. The van der Waals surface area contributed by atoms with Crippen molar-refractivity contribution in [3.05, 3.63) is 23.9 Å². The van der Waals surface area contributed by atoms with Gasteiger partial charge in [-0.1, -0.05) is 6.07 Å². The predicted molar refractivity (Wildman–Crippen MR) is 49.0 cm³/mol. The Morgan fingerprint density at radius 2 is 2.31 bits per heavy atom. The number of thioether (sulfide) groups is 1. The van der Waals surface area contributed by atoms with Crippen LogP contribution in [0.3, 0.4) is 0 Å². The average molecular weight is 199 g/mol. The zero-order valence-corrected chi connectivity index (χ0v) is 7.62. The second kappa shape index (κ2) is 4.84. The lowest BCUT2D eigenvalue weighted by atomic mass is 10.4. The van der Waals surface area contributed by atoms with Crippen LogP contribution in [-0.4, -0.2) is 33.5 Å². The molecule has 0 saturated carbocycles. The van der Waals surface area contributed by atoms with E-state index in [4.69, 9.17) is 10.2 Å². The fraction of sp³-hybridized carbons (Fsp3) is 0.250. The van der Waals surface area contributed by atoms with Crippen molar-refractivity contribution in [1.82, 2.24) is 4.98 Å². The molecule has 0 bridgehead atoms. The summed E-state index contributed by atoms with van der Waals surface area (Å²) in [6.07, 6.45) is 0. The van der Waals surface area contributed by atoms with Crippen molar-refractivity contribution in [1.29, 1.82) is 0 Å². The van der Waals surface area contributed by atoms with Crippen LogP contribution in [0.2, 0.25) is 0 Å². The summed E-state index contributed by atoms with van der Waals surface area (Å²) in [5.74, 6) is -0.512. The van der Waals surface area contributed by atoms with Gasteiger partial charge < -0.3 is 10.2 Å². The number of carboxylic acid groups (broad SMARTS) is 1. The van der Waals surface area contributed by atoms with E-state index in [2.05, 4.69) is 4.98 Å². The van der Waals surface area contributed by atoms with Gasteiger partial charge in [-0.3, -0.25) is 0 Å². The minimum atomic E-state index is -1.04. The van der Waals surface area contributed by atoms with Gasteiger partial charge in [0.1, 0.15) is 5.69 Å². The first kappa shape index (κ1) is 10.0. The number of rotatable bonds is 4. The van der Waals surface area contributed by atoms with Crippen LogP contribution in [0, 0.1) is 0 Å². The molecule has 0 aliphatic rings. The number of nitrogens with zero attached hydrogens (tertiary/aromatic N) is 1. The Morgan fingerprint density at radius 1 is 1.54 bits per heavy atom. The number of hydrogen-bond acceptors (Lipinski definition) is 4. The average Bonchev–Trinajstić information content (AvgIpc) is 2.15. The first-order valence-electron chi connectivity index (χ1n) is 3.68. The van der Waals surface area contributed by atoms with Gasteiger partial charge >= 0.3 is 5.97 Å². The highest BCUT2D eigenvalue weighted by Gasteiger charge is 2.04. The third-order valence-corrected chi connectivity index (χ3v) is 2.19. The molecular weight excluding hydrogens is 190 g/mol. The molecule has 0 spiro atoms. The lowest BCUT2D eigenvalue weighted by molar-refractivity contribution is 0.0689. The third kappa shape index (κ3) is 3.04. The molecule has 0 saturated heterocycles. The molecule has 1 rings (SSSR count). The molecular formula is C8H9NO3S. The highest BCUT2D eigenvalue weighted by Crippen LogP contribution is 2.14. The van der Waals surface area contributed by atoms with Gasteiger partial charge in [0.05, 0.1) is 11.6 Å². The summed E-state index contributed by atoms with van der Waals surface area (Å²) < 4.78 is 0. The summed E-state index contributed by atoms with van der Waals surface area (Å²) in [7, 11) is 0. The van der Waals surface area contributed by atoms with E-state index in [1.54, 1.807) is 12.1 Å². The van der Waals surface area contributed by atoms with Crippen LogP contribution in [0.1, 0.15) is 10.5 Å². The standard InChI is InChI=1S/C8H9NO3S/c10-4-5-13-7-3-1-2-6(9-7)8(11)12/h1-3,10H,4-5H2,(H,11,12). The molecule has 5 heteroatoms. The minimum Gasteiger partial charge on any atom is -0.477 e. The maximum absolute atomic E-state index is 10.5. The predicted octanol–water partition coefficient (Wildman–Crippen LogP) is 0.864. The number of aliphatic hydroxyl groups is 1. The zero-order chi connectivity index (χ0) is 9.68. The van der Waals surface area contributed by atoms with E-state index in [9.17, 15) is 4.79 Å². The lowest BCUT2D eigenvalue weighted by Crippen LogP contribution is -2.00. The first-order chi connectivity index (χ1) is 6.24. The van der Waals surface area contributed by atoms with E-state index in [1.807, 2.05) is 0 Å². The molecule has 4 nitrogen and oxygen atoms in total. The van der Waals surface area contributed by atoms with Crippen molar-refractivity contribution in [2.75, 3.05) is 12.4 Å². The Morgan fingerprint density at radius 3 is 2.92 bits per heavy atom. The van der Waals surface area contributed by atoms with Gasteiger partial charge in [-0.15, -0.1) is 11.8 Å². The third-order valence-electron chi connectivity index (χ3n) is 1.28. The van der Waals surface area contributed by atoms with Gasteiger partial charge in [0, 0.05) is 5.75 Å². The van der Waals surface area contributed by atoms with E-state index in [-0.39, 0.29) is 12.3 Å². The molecule has 2 N–H and O–H groups in total. The van der Waals surface area contributed by atoms with Gasteiger partial charge in [0.15, 0.2) is 0 Å². The topological polar surface area (TPSA) is 70.4 Å². The molecule has 0 unspecified atom stereocenters. The van der Waals surface area contributed by atoms with E-state index >= 15 is 0 Å². The number of pyridine rings is 1. The Hall–Kier alpha value is -1.07. The molecule has 0 aliphatic carbocycles. The van der Waals surface area contributed by atoms with Crippen LogP contribution < -0.4 is 0 Å². The van der Waals surface area contributed by atoms with Gasteiger partial charge in [-0.05, 0) is 12.1 Å². The summed E-state index contributed by atoms with van der Waals surface area (Å²) in [4.78, 5) is 14.4. The molecule has 0 amide bonds. The summed E-state index contributed by atoms with van der Waals surface area (Å²) in [5, 5.41) is 17.8. The van der Waals surface area contributed by atoms with Crippen molar-refractivity contribution in [3.63, 3.8) is 0 Å². The lowest BCUT2D eigenvalue weighted by Gasteiger charge is -1.99. The maximum Gasteiger partial charge on any atom is 0.354 e. The molecule has 0 aliphatic heterocycles. The number of carbonyl (C=O) groups is 1. The molecule has 70 valence electrons. The number of hydrogen-bond donors (Lipinski definition) is 2. The fourth-order valence-corrected chi connectivity index (χ4v) is 1.40. The second-order valence-electron chi connectivity index (χ2n) is 2.24. The van der Waals surface area contributed by atoms with E-state index < -0.39 is 5.97 Å². The van der Waals surface area contributed by atoms with Crippen LogP contribution >= 0.6 is 11.8 Å². The van der Waals surface area contributed by atoms with Crippen LogP contribution in [0.25, 0.3) is 0 Å². The molecule has 0 fully saturated rings. The maximum atomic E-state index is 10.5. The van der Waals surface area contributed by atoms with Crippen molar-refractivity contribution in [2.45, 2.75) is 5.03 Å². The SMILES string of the molecule is O=C(O)c1cccc(SCCO)n1. The Balaban J connectivity index is 2.73. The zero-order valence-electron chi connectivity index (χ0n) is 6.80. The Bertz CT molecular complexity index is 303. The summed E-state index contributed by atoms with van der Waals surface area (Å²) in [6.45, 7) is 0.0592. The Labute approximate surface area is 79.6 Å². The van der Waals surface area contributed by atoms with Gasteiger partial charge in [0.25, 0.3) is 0 Å². The summed E-state index contributed by atoms with van der Waals surface area (Å²) in [6, 6.07) is 4.79. The first-order valence-corrected chi connectivity index (χ1v) is 4.66. The molecule has 13 heavy (non-hydrogen) atoms. The smallest absolute Gasteiger partial charge is 0.354 e. The normalized spacial score (nSPS) is 9.92. The van der Waals surface area contributed by atoms with Crippen molar-refractivity contribution in [3.8, 4) is 0 Å². The highest BCUT2D eigenvalue weighted by atomic mass is 32.2. The van der Waals surface area contributed by atoms with Crippen molar-refractivity contribution >= 4 is 17.7 Å². The summed E-state index contributed by atoms with van der Waals surface area (Å²) >= 11 is 1.33. The monoisotopic (exact) mass is 199 g/mol. The summed E-state index contributed by atoms with van der Waals surface area (Å²) in [5.41, 5.74) is 0.0305. The van der Waals surface area contributed by atoms with Crippen molar-refractivity contribution < 1.29 is 15.0 Å². The minimum absolute atomic E-state index is 0.0305. The van der Waals surface area contributed by atoms with Crippen LogP contribution in [0.4, 0.5) is 0 Å².